The maximum Gasteiger partial charge on any atom is 0.341 e. The minimum absolute atomic E-state index is 0.153. The molecule has 3 heterocycles. The molecule has 116 valence electrons. The number of hydrogen-bond donors (Lipinski definition) is 1. The van der Waals surface area contributed by atoms with Gasteiger partial charge in [0.25, 0.3) is 0 Å². The lowest BCUT2D eigenvalue weighted by Gasteiger charge is -2.35. The fourth-order valence-corrected chi connectivity index (χ4v) is 3.90. The molecule has 0 bridgehead atoms. The van der Waals surface area contributed by atoms with Crippen molar-refractivity contribution in [1.29, 1.82) is 0 Å². The van der Waals surface area contributed by atoms with E-state index in [1.165, 1.54) is 7.11 Å². The summed E-state index contributed by atoms with van der Waals surface area (Å²) in [6, 6.07) is 1.82. The third-order valence-corrected chi connectivity index (χ3v) is 5.24. The summed E-state index contributed by atoms with van der Waals surface area (Å²) in [7, 11) is 1.40. The maximum atomic E-state index is 11.7. The van der Waals surface area contributed by atoms with Crippen LogP contribution in [0.15, 0.2) is 10.5 Å². The van der Waals surface area contributed by atoms with Crippen molar-refractivity contribution < 1.29 is 13.9 Å². The van der Waals surface area contributed by atoms with Gasteiger partial charge in [0.1, 0.15) is 17.1 Å². The topological polar surface area (TPSA) is 54.7 Å². The van der Waals surface area contributed by atoms with Gasteiger partial charge in [-0.2, -0.15) is 0 Å². The number of nitrogens with zero attached hydrogens (tertiary/aromatic N) is 1. The van der Waals surface area contributed by atoms with E-state index in [9.17, 15) is 4.79 Å². The lowest BCUT2D eigenvalue weighted by molar-refractivity contribution is 0.0599. The van der Waals surface area contributed by atoms with Gasteiger partial charge < -0.3 is 14.5 Å². The van der Waals surface area contributed by atoms with Crippen LogP contribution in [0.4, 0.5) is 0 Å². The van der Waals surface area contributed by atoms with Crippen LogP contribution in [0.2, 0.25) is 0 Å². The first-order valence-electron chi connectivity index (χ1n) is 7.57. The summed E-state index contributed by atoms with van der Waals surface area (Å²) in [5.74, 6) is 2.55. The van der Waals surface area contributed by atoms with Crippen molar-refractivity contribution in [3.63, 3.8) is 0 Å². The SMILES string of the molecule is COC(=O)c1cc(CN2CC3CNCC3C2(C)C)oc1C. The minimum atomic E-state index is -0.329. The molecule has 0 amide bonds. The first-order valence-corrected chi connectivity index (χ1v) is 7.57. The summed E-state index contributed by atoms with van der Waals surface area (Å²) in [4.78, 5) is 14.1. The monoisotopic (exact) mass is 292 g/mol. The van der Waals surface area contributed by atoms with E-state index in [4.69, 9.17) is 9.15 Å². The number of ether oxygens (including phenoxy) is 1. The Kier molecular flexibility index (Phi) is 3.58. The molecular formula is C16H24N2O3. The van der Waals surface area contributed by atoms with Crippen LogP contribution in [0, 0.1) is 18.8 Å². The molecule has 1 N–H and O–H groups in total. The van der Waals surface area contributed by atoms with Crippen molar-refractivity contribution in [2.45, 2.75) is 32.9 Å². The number of furan rings is 1. The second kappa shape index (κ2) is 5.14. The number of carbonyl (C=O) groups is 1. The largest absolute Gasteiger partial charge is 0.465 e. The lowest BCUT2D eigenvalue weighted by Crippen LogP contribution is -2.43. The summed E-state index contributed by atoms with van der Waals surface area (Å²) in [5, 5.41) is 3.49. The molecule has 2 saturated heterocycles. The van der Waals surface area contributed by atoms with E-state index in [2.05, 4.69) is 24.1 Å². The Balaban J connectivity index is 1.77. The normalized spacial score (nSPS) is 27.8. The molecule has 2 aliphatic heterocycles. The van der Waals surface area contributed by atoms with Gasteiger partial charge in [0.2, 0.25) is 0 Å². The van der Waals surface area contributed by atoms with Crippen LogP contribution < -0.4 is 5.32 Å². The zero-order chi connectivity index (χ0) is 15.2. The Morgan fingerprint density at radius 3 is 2.95 bits per heavy atom. The van der Waals surface area contributed by atoms with Crippen LogP contribution in [0.3, 0.4) is 0 Å². The molecule has 5 heteroatoms. The maximum absolute atomic E-state index is 11.7. The quantitative estimate of drug-likeness (QED) is 0.861. The molecule has 21 heavy (non-hydrogen) atoms. The van der Waals surface area contributed by atoms with E-state index in [-0.39, 0.29) is 11.5 Å². The fourth-order valence-electron chi connectivity index (χ4n) is 3.90. The smallest absolute Gasteiger partial charge is 0.341 e. The van der Waals surface area contributed by atoms with Crippen LogP contribution >= 0.6 is 0 Å². The van der Waals surface area contributed by atoms with Gasteiger partial charge in [-0.15, -0.1) is 0 Å². The molecule has 0 aromatic carbocycles. The van der Waals surface area contributed by atoms with Crippen LogP contribution in [0.5, 0.6) is 0 Å². The average Bonchev–Trinajstić information content (AvgIpc) is 3.08. The molecule has 2 fully saturated rings. The van der Waals surface area contributed by atoms with E-state index in [1.807, 2.05) is 13.0 Å². The highest BCUT2D eigenvalue weighted by atomic mass is 16.5. The molecule has 0 spiro atoms. The molecule has 0 radical (unpaired) electrons. The molecule has 1 aromatic heterocycles. The molecule has 1 aromatic rings. The Morgan fingerprint density at radius 1 is 1.52 bits per heavy atom. The molecular weight excluding hydrogens is 268 g/mol. The zero-order valence-corrected chi connectivity index (χ0v) is 13.2. The van der Waals surface area contributed by atoms with Crippen molar-refractivity contribution in [3.05, 3.63) is 23.2 Å². The molecule has 5 nitrogen and oxygen atoms in total. The number of nitrogens with one attached hydrogen (secondary N) is 1. The number of carbonyl (C=O) groups excluding carboxylic acids is 1. The number of methoxy groups -OCH3 is 1. The minimum Gasteiger partial charge on any atom is -0.465 e. The van der Waals surface area contributed by atoms with Crippen LogP contribution in [0.25, 0.3) is 0 Å². The summed E-state index contributed by atoms with van der Waals surface area (Å²) in [6.07, 6.45) is 0. The second-order valence-electron chi connectivity index (χ2n) is 6.73. The number of rotatable bonds is 3. The Morgan fingerprint density at radius 2 is 2.29 bits per heavy atom. The molecule has 2 unspecified atom stereocenters. The number of aryl methyl sites for hydroxylation is 1. The van der Waals surface area contributed by atoms with Crippen molar-refractivity contribution in [2.24, 2.45) is 11.8 Å². The zero-order valence-electron chi connectivity index (χ0n) is 13.2. The summed E-state index contributed by atoms with van der Waals surface area (Å²) < 4.78 is 10.5. The van der Waals surface area contributed by atoms with Crippen molar-refractivity contribution >= 4 is 5.97 Å². The van der Waals surface area contributed by atoms with Crippen LogP contribution in [-0.4, -0.2) is 43.2 Å². The van der Waals surface area contributed by atoms with Gasteiger partial charge in [-0.3, -0.25) is 4.90 Å². The van der Waals surface area contributed by atoms with Crippen molar-refractivity contribution in [2.75, 3.05) is 26.7 Å². The van der Waals surface area contributed by atoms with Crippen LogP contribution in [-0.2, 0) is 11.3 Å². The lowest BCUT2D eigenvalue weighted by atomic mass is 9.85. The van der Waals surface area contributed by atoms with E-state index < -0.39 is 0 Å². The average molecular weight is 292 g/mol. The molecule has 2 aliphatic rings. The first-order chi connectivity index (χ1) is 9.93. The van der Waals surface area contributed by atoms with Gasteiger partial charge in [-0.05, 0) is 45.2 Å². The number of likely N-dealkylation sites (tertiary alicyclic amines) is 1. The highest BCUT2D eigenvalue weighted by Gasteiger charge is 2.49. The van der Waals surface area contributed by atoms with Gasteiger partial charge in [0.05, 0.1) is 13.7 Å². The van der Waals surface area contributed by atoms with Gasteiger partial charge in [0, 0.05) is 18.6 Å². The van der Waals surface area contributed by atoms with E-state index in [0.717, 1.165) is 37.9 Å². The van der Waals surface area contributed by atoms with Crippen molar-refractivity contribution in [3.8, 4) is 0 Å². The Labute approximate surface area is 125 Å². The van der Waals surface area contributed by atoms with E-state index in [0.29, 0.717) is 17.2 Å². The Bertz CT molecular complexity index is 550. The highest BCUT2D eigenvalue weighted by molar-refractivity contribution is 5.90. The third-order valence-electron chi connectivity index (χ3n) is 5.24. The van der Waals surface area contributed by atoms with Crippen molar-refractivity contribution in [1.82, 2.24) is 10.2 Å². The van der Waals surface area contributed by atoms with Gasteiger partial charge in [-0.25, -0.2) is 4.79 Å². The number of hydrogen-bond acceptors (Lipinski definition) is 5. The predicted octanol–water partition coefficient (Wildman–Crippen LogP) is 1.80. The predicted molar refractivity (Wildman–Crippen MR) is 79.1 cm³/mol. The number of esters is 1. The molecule has 3 rings (SSSR count). The fraction of sp³-hybridized carbons (Fsp3) is 0.688. The first kappa shape index (κ1) is 14.6. The van der Waals surface area contributed by atoms with Crippen LogP contribution in [0.1, 0.15) is 35.7 Å². The van der Waals surface area contributed by atoms with Gasteiger partial charge in [-0.1, -0.05) is 0 Å². The highest BCUT2D eigenvalue weighted by Crippen LogP contribution is 2.41. The van der Waals surface area contributed by atoms with E-state index in [1.54, 1.807) is 0 Å². The number of fused-ring (bicyclic) bond motifs is 1. The summed E-state index contributed by atoms with van der Waals surface area (Å²) in [6.45, 7) is 10.5. The standard InChI is InChI=1S/C16H24N2O3/c1-10-13(15(19)20-4)5-12(21-10)9-18-8-11-6-17-7-14(11)16(18,2)3/h5,11,14,17H,6-9H2,1-4H3. The second-order valence-corrected chi connectivity index (χ2v) is 6.73. The molecule has 2 atom stereocenters. The van der Waals surface area contributed by atoms with E-state index >= 15 is 0 Å². The van der Waals surface area contributed by atoms with Gasteiger partial charge >= 0.3 is 5.97 Å². The summed E-state index contributed by atoms with van der Waals surface area (Å²) >= 11 is 0. The summed E-state index contributed by atoms with van der Waals surface area (Å²) in [5.41, 5.74) is 0.687. The molecule has 0 saturated carbocycles. The Hall–Kier alpha value is -1.33. The molecule has 0 aliphatic carbocycles. The third kappa shape index (κ3) is 2.38. The van der Waals surface area contributed by atoms with Gasteiger partial charge in [0.15, 0.2) is 0 Å².